The van der Waals surface area contributed by atoms with Crippen molar-refractivity contribution >= 4 is 34.8 Å². The minimum atomic E-state index is -0.654. The van der Waals surface area contributed by atoms with Gasteiger partial charge in [0, 0.05) is 29.4 Å². The van der Waals surface area contributed by atoms with Gasteiger partial charge in [-0.25, -0.2) is 19.1 Å². The highest BCUT2D eigenvalue weighted by molar-refractivity contribution is 5.95. The monoisotopic (exact) mass is 571 g/mol. The van der Waals surface area contributed by atoms with Gasteiger partial charge in [0.25, 0.3) is 5.91 Å². The smallest absolute Gasteiger partial charge is 0.419 e. The molecule has 2 aromatic heterocycles. The van der Waals surface area contributed by atoms with Crippen LogP contribution >= 0.6 is 0 Å². The maximum atomic E-state index is 13.3. The Kier molecular flexibility index (Phi) is 9.28. The molecule has 1 aliphatic heterocycles. The highest BCUT2D eigenvalue weighted by atomic mass is 16.6. The first-order valence-electron chi connectivity index (χ1n) is 14.5. The van der Waals surface area contributed by atoms with Gasteiger partial charge < -0.3 is 24.8 Å². The second-order valence-electron chi connectivity index (χ2n) is 13.1. The number of ether oxygens (including phenoxy) is 3. The highest BCUT2D eigenvalue weighted by Crippen LogP contribution is 2.35. The van der Waals surface area contributed by atoms with Crippen LogP contribution in [0.1, 0.15) is 91.8 Å². The van der Waals surface area contributed by atoms with E-state index in [1.165, 1.54) is 0 Å². The number of fused-ring (bicyclic) bond motifs is 1. The zero-order chi connectivity index (χ0) is 29.9. The Morgan fingerprint density at radius 3 is 2.27 bits per heavy atom. The summed E-state index contributed by atoms with van der Waals surface area (Å²) in [6, 6.07) is 3.82. The van der Waals surface area contributed by atoms with Crippen molar-refractivity contribution in [2.75, 3.05) is 25.5 Å². The Labute approximate surface area is 242 Å². The quantitative estimate of drug-likeness (QED) is 0.474. The van der Waals surface area contributed by atoms with Crippen molar-refractivity contribution in [1.29, 1.82) is 0 Å². The lowest BCUT2D eigenvalue weighted by molar-refractivity contribution is -0.123. The van der Waals surface area contributed by atoms with E-state index in [0.29, 0.717) is 11.3 Å². The fourth-order valence-electron chi connectivity index (χ4n) is 5.45. The van der Waals surface area contributed by atoms with Gasteiger partial charge >= 0.3 is 12.2 Å². The summed E-state index contributed by atoms with van der Waals surface area (Å²) < 4.78 is 18.6. The van der Waals surface area contributed by atoms with Gasteiger partial charge in [-0.05, 0) is 99.7 Å². The van der Waals surface area contributed by atoms with Crippen LogP contribution in [0.25, 0.3) is 10.9 Å². The molecular weight excluding hydrogens is 526 g/mol. The van der Waals surface area contributed by atoms with Crippen molar-refractivity contribution in [3.63, 3.8) is 0 Å². The SMILES string of the molecule is CN1CCC[C@@H]1c1cc2cnc(NC(=O)COC3CCC(NC(=O)OC(C)(C)C)CC3)cc2n1C(=O)OC(C)(C)C. The molecular formula is C30H45N5O6. The number of hydrogen-bond donors (Lipinski definition) is 2. The van der Waals surface area contributed by atoms with Gasteiger partial charge in [-0.15, -0.1) is 0 Å². The van der Waals surface area contributed by atoms with Crippen LogP contribution in [0.2, 0.25) is 0 Å². The van der Waals surface area contributed by atoms with E-state index in [2.05, 4.69) is 27.6 Å². The minimum Gasteiger partial charge on any atom is -0.444 e. The molecule has 1 atom stereocenters. The Bertz CT molecular complexity index is 1250. The molecule has 4 rings (SSSR count). The zero-order valence-corrected chi connectivity index (χ0v) is 25.4. The first-order valence-corrected chi connectivity index (χ1v) is 14.5. The number of aromatic nitrogens is 2. The molecule has 2 N–H and O–H groups in total. The van der Waals surface area contributed by atoms with E-state index in [1.807, 2.05) is 47.6 Å². The molecule has 2 amide bonds. The van der Waals surface area contributed by atoms with E-state index >= 15 is 0 Å². The number of likely N-dealkylation sites (tertiary alicyclic amines) is 1. The van der Waals surface area contributed by atoms with Crippen LogP contribution < -0.4 is 10.6 Å². The molecule has 1 saturated heterocycles. The fraction of sp³-hybridized carbons (Fsp3) is 0.667. The molecule has 0 bridgehead atoms. The van der Waals surface area contributed by atoms with Crippen molar-refractivity contribution in [2.24, 2.45) is 0 Å². The number of anilines is 1. The lowest BCUT2D eigenvalue weighted by atomic mass is 9.93. The van der Waals surface area contributed by atoms with Gasteiger partial charge in [-0.1, -0.05) is 0 Å². The highest BCUT2D eigenvalue weighted by Gasteiger charge is 2.31. The summed E-state index contributed by atoms with van der Waals surface area (Å²) in [6.45, 7) is 11.9. The average Bonchev–Trinajstić information content (AvgIpc) is 3.44. The summed E-state index contributed by atoms with van der Waals surface area (Å²) in [5, 5.41) is 6.52. The van der Waals surface area contributed by atoms with E-state index in [-0.39, 0.29) is 30.7 Å². The third-order valence-corrected chi connectivity index (χ3v) is 7.27. The molecule has 2 aliphatic rings. The molecule has 0 radical (unpaired) electrons. The summed E-state index contributed by atoms with van der Waals surface area (Å²) >= 11 is 0. The van der Waals surface area contributed by atoms with Crippen LogP contribution in [0.3, 0.4) is 0 Å². The number of carbonyl (C=O) groups excluding carboxylic acids is 3. The van der Waals surface area contributed by atoms with Crippen molar-refractivity contribution < 1.29 is 28.6 Å². The molecule has 41 heavy (non-hydrogen) atoms. The van der Waals surface area contributed by atoms with Crippen LogP contribution in [0.5, 0.6) is 0 Å². The zero-order valence-electron chi connectivity index (χ0n) is 25.4. The van der Waals surface area contributed by atoms with Crippen molar-refractivity contribution in [2.45, 2.75) is 109 Å². The van der Waals surface area contributed by atoms with Gasteiger partial charge in [0.05, 0.1) is 17.7 Å². The van der Waals surface area contributed by atoms with Crippen LogP contribution in [0.4, 0.5) is 15.4 Å². The lowest BCUT2D eigenvalue weighted by Crippen LogP contribution is -2.42. The summed E-state index contributed by atoms with van der Waals surface area (Å²) in [5.74, 6) is 0.0163. The standard InChI is InChI=1S/C30H45N5O6/c1-29(2,3)40-27(37)32-20-10-12-21(13-11-20)39-18-26(36)33-25-16-23-19(17-31-25)15-24(22-9-8-14-34(22)7)35(23)28(38)41-30(4,5)6/h15-17,20-22H,8-14,18H2,1-7H3,(H,32,37)(H,31,33,36)/t20?,21?,22-/m1/s1. The molecule has 0 aromatic carbocycles. The van der Waals surface area contributed by atoms with E-state index in [1.54, 1.807) is 16.8 Å². The average molecular weight is 572 g/mol. The molecule has 2 fully saturated rings. The first-order chi connectivity index (χ1) is 19.2. The second-order valence-corrected chi connectivity index (χ2v) is 13.1. The number of nitrogens with one attached hydrogen (secondary N) is 2. The van der Waals surface area contributed by atoms with E-state index < -0.39 is 23.4 Å². The van der Waals surface area contributed by atoms with Gasteiger partial charge in [0.15, 0.2) is 0 Å². The predicted molar refractivity (Wildman–Crippen MR) is 156 cm³/mol. The van der Waals surface area contributed by atoms with Crippen molar-refractivity contribution in [3.05, 3.63) is 24.0 Å². The van der Waals surface area contributed by atoms with Gasteiger partial charge in [-0.2, -0.15) is 0 Å². The number of pyridine rings is 1. The second kappa shape index (κ2) is 12.4. The van der Waals surface area contributed by atoms with Crippen LogP contribution in [-0.4, -0.2) is 76.1 Å². The molecule has 3 heterocycles. The number of amides is 2. The molecule has 0 spiro atoms. The molecule has 226 valence electrons. The third-order valence-electron chi connectivity index (χ3n) is 7.27. The minimum absolute atomic E-state index is 0.0320. The topological polar surface area (TPSA) is 124 Å². The Morgan fingerprint density at radius 2 is 1.66 bits per heavy atom. The third kappa shape index (κ3) is 8.42. The Balaban J connectivity index is 1.37. The Morgan fingerprint density at radius 1 is 0.976 bits per heavy atom. The summed E-state index contributed by atoms with van der Waals surface area (Å²) in [4.78, 5) is 44.8. The fourth-order valence-corrected chi connectivity index (χ4v) is 5.45. The van der Waals surface area contributed by atoms with Crippen LogP contribution in [0, 0.1) is 0 Å². The number of carbonyl (C=O) groups is 3. The first kappa shape index (κ1) is 30.8. The lowest BCUT2D eigenvalue weighted by Gasteiger charge is -2.30. The number of rotatable bonds is 6. The maximum Gasteiger partial charge on any atom is 0.419 e. The summed E-state index contributed by atoms with van der Waals surface area (Å²) in [5.41, 5.74) is 0.306. The molecule has 2 aromatic rings. The predicted octanol–water partition coefficient (Wildman–Crippen LogP) is 5.38. The molecule has 11 nitrogen and oxygen atoms in total. The van der Waals surface area contributed by atoms with Gasteiger partial charge in [-0.3, -0.25) is 9.69 Å². The van der Waals surface area contributed by atoms with Crippen molar-refractivity contribution in [3.8, 4) is 0 Å². The van der Waals surface area contributed by atoms with Crippen LogP contribution in [-0.2, 0) is 19.0 Å². The molecule has 1 aliphatic carbocycles. The van der Waals surface area contributed by atoms with E-state index in [4.69, 9.17) is 14.2 Å². The molecule has 11 heteroatoms. The van der Waals surface area contributed by atoms with E-state index in [9.17, 15) is 14.4 Å². The normalized spacial score (nSPS) is 22.0. The number of hydrogen-bond acceptors (Lipinski definition) is 8. The van der Waals surface area contributed by atoms with E-state index in [0.717, 1.165) is 56.1 Å². The van der Waals surface area contributed by atoms with Gasteiger partial charge in [0.2, 0.25) is 0 Å². The largest absolute Gasteiger partial charge is 0.444 e. The van der Waals surface area contributed by atoms with Crippen molar-refractivity contribution in [1.82, 2.24) is 19.8 Å². The van der Waals surface area contributed by atoms with Crippen LogP contribution in [0.15, 0.2) is 18.3 Å². The molecule has 1 saturated carbocycles. The Hall–Kier alpha value is -3.18. The maximum absolute atomic E-state index is 13.3. The number of alkyl carbamates (subject to hydrolysis) is 1. The summed E-state index contributed by atoms with van der Waals surface area (Å²) in [7, 11) is 2.06. The summed E-state index contributed by atoms with van der Waals surface area (Å²) in [6.07, 6.45) is 5.72. The van der Waals surface area contributed by atoms with Gasteiger partial charge in [0.1, 0.15) is 23.6 Å². The molecule has 0 unspecified atom stereocenters. The number of nitrogens with zero attached hydrogens (tertiary/aromatic N) is 3.